The second kappa shape index (κ2) is 16.3. The number of carbonyl (C=O) groups excluding carboxylic acids is 2. The van der Waals surface area contributed by atoms with Crippen molar-refractivity contribution in [3.05, 3.63) is 125 Å². The first-order valence-electron chi connectivity index (χ1n) is 15.2. The molecule has 2 amide bonds. The highest BCUT2D eigenvalue weighted by Gasteiger charge is 2.34. The van der Waals surface area contributed by atoms with E-state index in [1.807, 2.05) is 68.4 Å². The zero-order chi connectivity index (χ0) is 33.1. The van der Waals surface area contributed by atoms with Crippen molar-refractivity contribution < 1.29 is 22.7 Å². The Morgan fingerprint density at radius 1 is 0.870 bits per heavy atom. The Labute approximate surface area is 277 Å². The number of halogens is 1. The Kier molecular flexibility index (Phi) is 12.2. The number of methoxy groups -OCH3 is 1. The lowest BCUT2D eigenvalue weighted by atomic mass is 10.0. The Morgan fingerprint density at radius 2 is 1.52 bits per heavy atom. The number of rotatable bonds is 15. The van der Waals surface area contributed by atoms with Gasteiger partial charge in [-0.3, -0.25) is 13.9 Å². The van der Waals surface area contributed by atoms with Crippen LogP contribution in [0.2, 0.25) is 5.02 Å². The van der Waals surface area contributed by atoms with Crippen LogP contribution in [0.25, 0.3) is 0 Å². The summed E-state index contributed by atoms with van der Waals surface area (Å²) in [6.45, 7) is 4.04. The monoisotopic (exact) mass is 661 g/mol. The third kappa shape index (κ3) is 9.11. The van der Waals surface area contributed by atoms with Gasteiger partial charge in [-0.25, -0.2) is 8.42 Å². The normalized spacial score (nSPS) is 11.8. The minimum Gasteiger partial charge on any atom is -0.497 e. The third-order valence-corrected chi connectivity index (χ3v) is 9.66. The van der Waals surface area contributed by atoms with Crippen molar-refractivity contribution in [2.75, 3.05) is 24.5 Å². The van der Waals surface area contributed by atoms with Crippen molar-refractivity contribution in [1.29, 1.82) is 0 Å². The first-order chi connectivity index (χ1) is 22.1. The topological polar surface area (TPSA) is 96.0 Å². The largest absolute Gasteiger partial charge is 0.497 e. The Balaban J connectivity index is 1.78. The van der Waals surface area contributed by atoms with Crippen LogP contribution in [-0.2, 0) is 32.6 Å². The molecular formula is C36H40ClN3O5S. The first kappa shape index (κ1) is 34.5. The van der Waals surface area contributed by atoms with Crippen molar-refractivity contribution in [2.45, 2.75) is 50.6 Å². The molecule has 0 spiro atoms. The van der Waals surface area contributed by atoms with Crippen molar-refractivity contribution >= 4 is 39.1 Å². The molecule has 0 fully saturated rings. The van der Waals surface area contributed by atoms with Gasteiger partial charge >= 0.3 is 0 Å². The lowest BCUT2D eigenvalue weighted by Gasteiger charge is -2.34. The second-order valence-electron chi connectivity index (χ2n) is 11.0. The van der Waals surface area contributed by atoms with Gasteiger partial charge < -0.3 is 15.0 Å². The fourth-order valence-electron chi connectivity index (χ4n) is 4.96. The molecular weight excluding hydrogens is 622 g/mol. The summed E-state index contributed by atoms with van der Waals surface area (Å²) in [6.07, 6.45) is 1.94. The minimum atomic E-state index is -4.23. The molecule has 0 aliphatic rings. The Hall–Kier alpha value is -4.34. The van der Waals surface area contributed by atoms with E-state index in [2.05, 4.69) is 5.32 Å². The van der Waals surface area contributed by atoms with E-state index in [4.69, 9.17) is 16.3 Å². The number of anilines is 1. The summed E-state index contributed by atoms with van der Waals surface area (Å²) in [5.74, 6) is -0.330. The Morgan fingerprint density at radius 3 is 2.13 bits per heavy atom. The molecule has 4 rings (SSSR count). The smallest absolute Gasteiger partial charge is 0.264 e. The van der Waals surface area contributed by atoms with E-state index in [-0.39, 0.29) is 29.5 Å². The van der Waals surface area contributed by atoms with Crippen LogP contribution in [0.4, 0.5) is 5.69 Å². The number of carbonyl (C=O) groups is 2. The van der Waals surface area contributed by atoms with Gasteiger partial charge in [0, 0.05) is 24.5 Å². The molecule has 0 bridgehead atoms. The molecule has 0 radical (unpaired) electrons. The van der Waals surface area contributed by atoms with E-state index in [1.165, 1.54) is 24.1 Å². The van der Waals surface area contributed by atoms with Gasteiger partial charge in [-0.15, -0.1) is 0 Å². The average molecular weight is 662 g/mol. The summed E-state index contributed by atoms with van der Waals surface area (Å²) in [5, 5.41) is 3.42. The maximum atomic E-state index is 14.5. The average Bonchev–Trinajstić information content (AvgIpc) is 3.07. The molecule has 0 aromatic heterocycles. The lowest BCUT2D eigenvalue weighted by Crippen LogP contribution is -2.53. The van der Waals surface area contributed by atoms with Crippen molar-refractivity contribution in [3.8, 4) is 5.75 Å². The molecule has 4 aromatic carbocycles. The highest BCUT2D eigenvalue weighted by atomic mass is 35.5. The van der Waals surface area contributed by atoms with Crippen LogP contribution in [0.15, 0.2) is 108 Å². The Bertz CT molecular complexity index is 1680. The fourth-order valence-corrected chi connectivity index (χ4v) is 6.50. The van der Waals surface area contributed by atoms with Gasteiger partial charge in [-0.1, -0.05) is 85.1 Å². The van der Waals surface area contributed by atoms with Crippen LogP contribution in [-0.4, -0.2) is 51.4 Å². The SMILES string of the molecule is CCCCNC(=O)[C@H](Cc1ccccc1)N(Cc1ccc(C)cc1)C(=O)CN(c1ccc(Cl)cc1)S(=O)(=O)c1ccc(OC)cc1. The van der Waals surface area contributed by atoms with Crippen LogP contribution >= 0.6 is 11.6 Å². The standard InChI is InChI=1S/C36H40ClN3O5S/c1-4-5-23-38-36(42)34(24-28-9-7-6-8-10-28)39(25-29-13-11-27(2)12-14-29)35(41)26-40(31-17-15-30(37)16-18-31)46(43,44)33-21-19-32(45-3)20-22-33/h6-22,34H,4-5,23-26H2,1-3H3,(H,38,42)/t34-/m0/s1. The number of sulfonamides is 1. The van der Waals surface area contributed by atoms with Crippen LogP contribution in [0.1, 0.15) is 36.5 Å². The number of benzene rings is 4. The van der Waals surface area contributed by atoms with Gasteiger partial charge in [0.05, 0.1) is 17.7 Å². The highest BCUT2D eigenvalue weighted by molar-refractivity contribution is 7.92. The summed E-state index contributed by atoms with van der Waals surface area (Å²) < 4.78 is 34.6. The zero-order valence-corrected chi connectivity index (χ0v) is 27.9. The number of hydrogen-bond donors (Lipinski definition) is 1. The summed E-state index contributed by atoms with van der Waals surface area (Å²) in [7, 11) is -2.74. The molecule has 10 heteroatoms. The molecule has 1 N–H and O–H groups in total. The predicted octanol–water partition coefficient (Wildman–Crippen LogP) is 6.41. The molecule has 46 heavy (non-hydrogen) atoms. The van der Waals surface area contributed by atoms with Gasteiger partial charge in [0.2, 0.25) is 11.8 Å². The van der Waals surface area contributed by atoms with Gasteiger partial charge in [0.1, 0.15) is 18.3 Å². The maximum absolute atomic E-state index is 14.5. The quantitative estimate of drug-likeness (QED) is 0.149. The number of nitrogens with one attached hydrogen (secondary N) is 1. The molecule has 0 saturated carbocycles. The molecule has 242 valence electrons. The van der Waals surface area contributed by atoms with E-state index in [0.717, 1.165) is 33.8 Å². The maximum Gasteiger partial charge on any atom is 0.264 e. The molecule has 0 unspecified atom stereocenters. The van der Waals surface area contributed by atoms with E-state index >= 15 is 0 Å². The van der Waals surface area contributed by atoms with E-state index in [9.17, 15) is 18.0 Å². The lowest BCUT2D eigenvalue weighted by molar-refractivity contribution is -0.140. The zero-order valence-electron chi connectivity index (χ0n) is 26.4. The van der Waals surface area contributed by atoms with E-state index in [0.29, 0.717) is 17.3 Å². The number of amides is 2. The number of unbranched alkanes of at least 4 members (excludes halogenated alkanes) is 1. The molecule has 0 saturated heterocycles. The third-order valence-electron chi connectivity index (χ3n) is 7.62. The second-order valence-corrected chi connectivity index (χ2v) is 13.3. The van der Waals surface area contributed by atoms with Gasteiger partial charge in [0.15, 0.2) is 0 Å². The van der Waals surface area contributed by atoms with Crippen molar-refractivity contribution in [3.63, 3.8) is 0 Å². The van der Waals surface area contributed by atoms with Crippen LogP contribution in [0.3, 0.4) is 0 Å². The summed E-state index contributed by atoms with van der Waals surface area (Å²) in [4.78, 5) is 29.8. The van der Waals surface area contributed by atoms with Gasteiger partial charge in [0.25, 0.3) is 10.0 Å². The molecule has 1 atom stereocenters. The number of ether oxygens (including phenoxy) is 1. The number of nitrogens with zero attached hydrogens (tertiary/aromatic N) is 2. The molecule has 4 aromatic rings. The molecule has 0 heterocycles. The summed E-state index contributed by atoms with van der Waals surface area (Å²) in [5.41, 5.74) is 3.00. The van der Waals surface area contributed by atoms with Gasteiger partial charge in [-0.2, -0.15) is 0 Å². The van der Waals surface area contributed by atoms with Crippen molar-refractivity contribution in [1.82, 2.24) is 10.2 Å². The first-order valence-corrected chi connectivity index (χ1v) is 17.0. The summed E-state index contributed by atoms with van der Waals surface area (Å²) in [6, 6.07) is 28.5. The highest BCUT2D eigenvalue weighted by Crippen LogP contribution is 2.27. The van der Waals surface area contributed by atoms with Crippen LogP contribution in [0, 0.1) is 6.92 Å². The predicted molar refractivity (Wildman–Crippen MR) is 183 cm³/mol. The fraction of sp³-hybridized carbons (Fsp3) is 0.278. The van der Waals surface area contributed by atoms with Crippen molar-refractivity contribution in [2.24, 2.45) is 0 Å². The van der Waals surface area contributed by atoms with E-state index < -0.39 is 28.5 Å². The summed E-state index contributed by atoms with van der Waals surface area (Å²) >= 11 is 6.14. The van der Waals surface area contributed by atoms with E-state index in [1.54, 1.807) is 36.4 Å². The molecule has 0 aliphatic heterocycles. The van der Waals surface area contributed by atoms with Crippen LogP contribution in [0.5, 0.6) is 5.75 Å². The molecule has 8 nitrogen and oxygen atoms in total. The number of aryl methyl sites for hydroxylation is 1. The number of hydrogen-bond acceptors (Lipinski definition) is 5. The molecule has 0 aliphatic carbocycles. The van der Waals surface area contributed by atoms with Crippen LogP contribution < -0.4 is 14.4 Å². The van der Waals surface area contributed by atoms with Gasteiger partial charge in [-0.05, 0) is 73.0 Å². The minimum absolute atomic E-state index is 0.0146.